The van der Waals surface area contributed by atoms with E-state index < -0.39 is 0 Å². The van der Waals surface area contributed by atoms with E-state index in [0.29, 0.717) is 0 Å². The highest BCUT2D eigenvalue weighted by Gasteiger charge is 2.18. The molecule has 1 aliphatic rings. The van der Waals surface area contributed by atoms with Crippen molar-refractivity contribution in [3.05, 3.63) is 34.9 Å². The van der Waals surface area contributed by atoms with Gasteiger partial charge in [0.15, 0.2) is 0 Å². The summed E-state index contributed by atoms with van der Waals surface area (Å²) in [5, 5.41) is 0.877. The molecule has 0 fully saturated rings. The Morgan fingerprint density at radius 3 is 3.00 bits per heavy atom. The van der Waals surface area contributed by atoms with E-state index in [1.54, 1.807) is 11.1 Å². The summed E-state index contributed by atoms with van der Waals surface area (Å²) in [6.45, 7) is 4.47. The van der Waals surface area contributed by atoms with Gasteiger partial charge in [-0.3, -0.25) is 0 Å². The standard InChI is InChI=1S/C15H22S/c1-3-4-9-16-15-8-7-13-10-12(2)5-6-14(13)11-15/h5-6,10,15H,3-4,7-9,11H2,1-2H3. The molecule has 0 nitrogen and oxygen atoms in total. The van der Waals surface area contributed by atoms with Crippen LogP contribution in [-0.2, 0) is 12.8 Å². The van der Waals surface area contributed by atoms with Crippen molar-refractivity contribution in [1.82, 2.24) is 0 Å². The molecule has 1 aromatic carbocycles. The maximum atomic E-state index is 2.38. The lowest BCUT2D eigenvalue weighted by Crippen LogP contribution is -2.16. The molecule has 1 aromatic rings. The summed E-state index contributed by atoms with van der Waals surface area (Å²) < 4.78 is 0. The first-order chi connectivity index (χ1) is 7.79. The third-order valence-electron chi connectivity index (χ3n) is 3.40. The van der Waals surface area contributed by atoms with Crippen molar-refractivity contribution < 1.29 is 0 Å². The third-order valence-corrected chi connectivity index (χ3v) is 4.79. The second kappa shape index (κ2) is 5.77. The van der Waals surface area contributed by atoms with E-state index in [0.717, 1.165) is 5.25 Å². The summed E-state index contributed by atoms with van der Waals surface area (Å²) in [6, 6.07) is 6.98. The lowest BCUT2D eigenvalue weighted by atomic mass is 9.90. The second-order valence-corrected chi connectivity index (χ2v) is 6.27. The van der Waals surface area contributed by atoms with Gasteiger partial charge in [0, 0.05) is 5.25 Å². The highest BCUT2D eigenvalue weighted by atomic mass is 32.2. The Morgan fingerprint density at radius 1 is 1.31 bits per heavy atom. The highest BCUT2D eigenvalue weighted by molar-refractivity contribution is 7.99. The number of fused-ring (bicyclic) bond motifs is 1. The van der Waals surface area contributed by atoms with Gasteiger partial charge < -0.3 is 0 Å². The summed E-state index contributed by atoms with van der Waals surface area (Å²) in [5.74, 6) is 1.35. The molecule has 0 amide bonds. The number of unbranched alkanes of at least 4 members (excludes halogenated alkanes) is 1. The second-order valence-electron chi connectivity index (χ2n) is 4.86. The lowest BCUT2D eigenvalue weighted by Gasteiger charge is -2.24. The van der Waals surface area contributed by atoms with Crippen molar-refractivity contribution >= 4 is 11.8 Å². The zero-order chi connectivity index (χ0) is 11.4. The Labute approximate surface area is 104 Å². The van der Waals surface area contributed by atoms with E-state index in [1.165, 1.54) is 43.4 Å². The van der Waals surface area contributed by atoms with Gasteiger partial charge in [-0.25, -0.2) is 0 Å². The van der Waals surface area contributed by atoms with Crippen molar-refractivity contribution in [2.75, 3.05) is 5.75 Å². The molecular weight excluding hydrogens is 212 g/mol. The average molecular weight is 234 g/mol. The zero-order valence-electron chi connectivity index (χ0n) is 10.5. The van der Waals surface area contributed by atoms with E-state index in [9.17, 15) is 0 Å². The summed E-state index contributed by atoms with van der Waals surface area (Å²) in [4.78, 5) is 0. The van der Waals surface area contributed by atoms with Crippen LogP contribution in [0.1, 0.15) is 42.9 Å². The van der Waals surface area contributed by atoms with Gasteiger partial charge in [-0.05, 0) is 49.5 Å². The maximum absolute atomic E-state index is 2.38. The van der Waals surface area contributed by atoms with Gasteiger partial charge >= 0.3 is 0 Å². The molecule has 0 radical (unpaired) electrons. The van der Waals surface area contributed by atoms with Gasteiger partial charge in [-0.15, -0.1) is 0 Å². The number of thioether (sulfide) groups is 1. The molecule has 0 saturated carbocycles. The van der Waals surface area contributed by atoms with Crippen LogP contribution in [0.5, 0.6) is 0 Å². The van der Waals surface area contributed by atoms with Gasteiger partial charge in [0.05, 0.1) is 0 Å². The van der Waals surface area contributed by atoms with Crippen LogP contribution in [0, 0.1) is 6.92 Å². The van der Waals surface area contributed by atoms with Gasteiger partial charge in [-0.2, -0.15) is 11.8 Å². The third kappa shape index (κ3) is 3.04. The Hall–Kier alpha value is -0.430. The highest BCUT2D eigenvalue weighted by Crippen LogP contribution is 2.29. The number of hydrogen-bond donors (Lipinski definition) is 0. The van der Waals surface area contributed by atoms with Crippen LogP contribution in [0.4, 0.5) is 0 Å². The average Bonchev–Trinajstić information content (AvgIpc) is 2.29. The fourth-order valence-corrected chi connectivity index (χ4v) is 3.76. The van der Waals surface area contributed by atoms with Crippen molar-refractivity contribution in [3.8, 4) is 0 Å². The number of rotatable bonds is 4. The minimum Gasteiger partial charge on any atom is -0.158 e. The van der Waals surface area contributed by atoms with Crippen LogP contribution in [0.2, 0.25) is 0 Å². The summed E-state index contributed by atoms with van der Waals surface area (Å²) in [7, 11) is 0. The Balaban J connectivity index is 1.93. The molecular formula is C15H22S. The molecule has 0 saturated heterocycles. The number of hydrogen-bond acceptors (Lipinski definition) is 1. The van der Waals surface area contributed by atoms with Crippen LogP contribution in [0.3, 0.4) is 0 Å². The lowest BCUT2D eigenvalue weighted by molar-refractivity contribution is 0.700. The summed E-state index contributed by atoms with van der Waals surface area (Å²) in [6.07, 6.45) is 6.67. The molecule has 88 valence electrons. The van der Waals surface area contributed by atoms with Crippen molar-refractivity contribution in [2.24, 2.45) is 0 Å². The Bertz CT molecular complexity index is 343. The molecule has 1 heteroatoms. The van der Waals surface area contributed by atoms with Crippen LogP contribution < -0.4 is 0 Å². The smallest absolute Gasteiger partial charge is 0.00907 e. The van der Waals surface area contributed by atoms with E-state index in [4.69, 9.17) is 0 Å². The molecule has 2 rings (SSSR count). The van der Waals surface area contributed by atoms with E-state index in [-0.39, 0.29) is 0 Å². The Morgan fingerprint density at radius 2 is 2.19 bits per heavy atom. The molecule has 0 bridgehead atoms. The van der Waals surface area contributed by atoms with Crippen molar-refractivity contribution in [2.45, 2.75) is 51.2 Å². The number of benzene rings is 1. The van der Waals surface area contributed by atoms with Crippen molar-refractivity contribution in [3.63, 3.8) is 0 Å². The first-order valence-electron chi connectivity index (χ1n) is 6.49. The SMILES string of the molecule is CCCCSC1CCc2cc(C)ccc2C1. The molecule has 0 aromatic heterocycles. The topological polar surface area (TPSA) is 0 Å². The first-order valence-corrected chi connectivity index (χ1v) is 7.54. The quantitative estimate of drug-likeness (QED) is 0.696. The van der Waals surface area contributed by atoms with E-state index in [1.807, 2.05) is 0 Å². The minimum atomic E-state index is 0.877. The molecule has 16 heavy (non-hydrogen) atoms. The first kappa shape index (κ1) is 12.0. The van der Waals surface area contributed by atoms with E-state index in [2.05, 4.69) is 43.8 Å². The minimum absolute atomic E-state index is 0.877. The summed E-state index contributed by atoms with van der Waals surface area (Å²) >= 11 is 2.19. The van der Waals surface area contributed by atoms with E-state index >= 15 is 0 Å². The van der Waals surface area contributed by atoms with Gasteiger partial charge in [0.2, 0.25) is 0 Å². The molecule has 0 N–H and O–H groups in total. The monoisotopic (exact) mass is 234 g/mol. The molecule has 1 atom stereocenters. The van der Waals surface area contributed by atoms with Gasteiger partial charge in [0.1, 0.15) is 0 Å². The zero-order valence-corrected chi connectivity index (χ0v) is 11.3. The largest absolute Gasteiger partial charge is 0.158 e. The predicted molar refractivity (Wildman–Crippen MR) is 74.4 cm³/mol. The predicted octanol–water partition coefficient (Wildman–Crippen LogP) is 4.39. The van der Waals surface area contributed by atoms with Crippen LogP contribution in [-0.4, -0.2) is 11.0 Å². The van der Waals surface area contributed by atoms with Gasteiger partial charge in [0.25, 0.3) is 0 Å². The molecule has 1 aliphatic carbocycles. The molecule has 0 heterocycles. The normalized spacial score (nSPS) is 19.5. The van der Waals surface area contributed by atoms with Crippen LogP contribution in [0.15, 0.2) is 18.2 Å². The van der Waals surface area contributed by atoms with Gasteiger partial charge in [-0.1, -0.05) is 37.1 Å². The van der Waals surface area contributed by atoms with Crippen LogP contribution in [0.25, 0.3) is 0 Å². The molecule has 0 spiro atoms. The fourth-order valence-electron chi connectivity index (χ4n) is 2.39. The van der Waals surface area contributed by atoms with Crippen LogP contribution >= 0.6 is 11.8 Å². The van der Waals surface area contributed by atoms with Crippen molar-refractivity contribution in [1.29, 1.82) is 0 Å². The maximum Gasteiger partial charge on any atom is 0.00907 e. The fraction of sp³-hybridized carbons (Fsp3) is 0.600. The summed E-state index contributed by atoms with van der Waals surface area (Å²) in [5.41, 5.74) is 4.62. The molecule has 0 aliphatic heterocycles. The Kier molecular flexibility index (Phi) is 4.34. The molecule has 1 unspecified atom stereocenters. The number of aryl methyl sites for hydroxylation is 2.